The average Bonchev–Trinajstić information content (AvgIpc) is 3.16. The van der Waals surface area contributed by atoms with Crippen molar-refractivity contribution in [2.75, 3.05) is 5.32 Å². The van der Waals surface area contributed by atoms with E-state index in [2.05, 4.69) is 20.9 Å². The molecule has 1 aromatic heterocycles. The largest absolute Gasteiger partial charge is 0.361 e. The Morgan fingerprint density at radius 3 is 2.45 bits per heavy atom. The number of amides is 3. The number of benzene rings is 2. The van der Waals surface area contributed by atoms with Gasteiger partial charge in [0.15, 0.2) is 0 Å². The Balaban J connectivity index is 1.80. The molecule has 0 fully saturated rings. The van der Waals surface area contributed by atoms with Crippen molar-refractivity contribution >= 4 is 34.3 Å². The van der Waals surface area contributed by atoms with Crippen molar-refractivity contribution < 1.29 is 14.4 Å². The predicted molar refractivity (Wildman–Crippen MR) is 117 cm³/mol. The van der Waals surface area contributed by atoms with E-state index in [-0.39, 0.29) is 12.3 Å². The number of carbonyl (C=O) groups excluding carboxylic acids is 3. The van der Waals surface area contributed by atoms with Gasteiger partial charge in [0.2, 0.25) is 11.8 Å². The van der Waals surface area contributed by atoms with Gasteiger partial charge in [0.05, 0.1) is 6.07 Å². The van der Waals surface area contributed by atoms with E-state index in [4.69, 9.17) is 5.26 Å². The van der Waals surface area contributed by atoms with Gasteiger partial charge in [-0.05, 0) is 42.8 Å². The van der Waals surface area contributed by atoms with Crippen LogP contribution in [0.25, 0.3) is 10.9 Å². The molecule has 3 aromatic rings. The second kappa shape index (κ2) is 9.59. The Kier molecular flexibility index (Phi) is 6.67. The highest BCUT2D eigenvalue weighted by molar-refractivity contribution is 5.98. The van der Waals surface area contributed by atoms with Gasteiger partial charge in [0, 0.05) is 41.7 Å². The average molecular weight is 417 g/mol. The molecule has 2 aromatic carbocycles. The van der Waals surface area contributed by atoms with Gasteiger partial charge in [0.25, 0.3) is 5.91 Å². The van der Waals surface area contributed by atoms with Gasteiger partial charge in [0.1, 0.15) is 12.1 Å². The van der Waals surface area contributed by atoms with E-state index in [0.717, 1.165) is 16.5 Å². The Bertz CT molecular complexity index is 1140. The molecule has 0 aliphatic rings. The van der Waals surface area contributed by atoms with E-state index in [1.807, 2.05) is 36.5 Å². The molecule has 8 heteroatoms. The molecule has 0 aliphatic carbocycles. The zero-order valence-electron chi connectivity index (χ0n) is 17.2. The van der Waals surface area contributed by atoms with Crippen molar-refractivity contribution in [2.24, 2.45) is 0 Å². The molecule has 0 saturated carbocycles. The van der Waals surface area contributed by atoms with E-state index in [1.54, 1.807) is 31.2 Å². The van der Waals surface area contributed by atoms with Crippen molar-refractivity contribution in [1.29, 1.82) is 5.26 Å². The second-order valence-corrected chi connectivity index (χ2v) is 7.21. The molecule has 3 rings (SSSR count). The SMILES string of the molecule is CC(=O)Nc1ccc(C(=O)NC(Cc2c[nH]c3ccccc23)C(=O)NC(C)C#N)cc1. The summed E-state index contributed by atoms with van der Waals surface area (Å²) >= 11 is 0. The summed E-state index contributed by atoms with van der Waals surface area (Å²) in [4.78, 5) is 39.9. The van der Waals surface area contributed by atoms with Crippen molar-refractivity contribution in [2.45, 2.75) is 32.4 Å². The van der Waals surface area contributed by atoms with Gasteiger partial charge in [-0.3, -0.25) is 14.4 Å². The number of para-hydroxylation sites is 1. The summed E-state index contributed by atoms with van der Waals surface area (Å²) in [5.74, 6) is -1.08. The summed E-state index contributed by atoms with van der Waals surface area (Å²) < 4.78 is 0. The maximum absolute atomic E-state index is 12.8. The van der Waals surface area contributed by atoms with Gasteiger partial charge >= 0.3 is 0 Å². The minimum absolute atomic E-state index is 0.209. The van der Waals surface area contributed by atoms with Crippen molar-refractivity contribution in [3.05, 3.63) is 65.9 Å². The number of fused-ring (bicyclic) bond motifs is 1. The third kappa shape index (κ3) is 5.48. The lowest BCUT2D eigenvalue weighted by Gasteiger charge is -2.19. The van der Waals surface area contributed by atoms with Crippen LogP contribution in [-0.2, 0) is 16.0 Å². The van der Waals surface area contributed by atoms with E-state index in [1.165, 1.54) is 6.92 Å². The third-order valence-electron chi connectivity index (χ3n) is 4.74. The monoisotopic (exact) mass is 417 g/mol. The van der Waals surface area contributed by atoms with Crippen LogP contribution >= 0.6 is 0 Å². The molecule has 4 N–H and O–H groups in total. The number of aromatic nitrogens is 1. The minimum Gasteiger partial charge on any atom is -0.361 e. The van der Waals surface area contributed by atoms with Crippen LogP contribution in [0.2, 0.25) is 0 Å². The molecule has 3 amide bonds. The number of H-pyrrole nitrogens is 1. The van der Waals surface area contributed by atoms with E-state index in [9.17, 15) is 14.4 Å². The fourth-order valence-electron chi connectivity index (χ4n) is 3.23. The summed E-state index contributed by atoms with van der Waals surface area (Å²) in [5, 5.41) is 18.0. The number of nitrogens with zero attached hydrogens (tertiary/aromatic N) is 1. The summed E-state index contributed by atoms with van der Waals surface area (Å²) in [6.07, 6.45) is 2.07. The van der Waals surface area contributed by atoms with Crippen LogP contribution in [0.15, 0.2) is 54.7 Å². The summed E-state index contributed by atoms with van der Waals surface area (Å²) in [6, 6.07) is 14.4. The molecule has 2 atom stereocenters. The highest BCUT2D eigenvalue weighted by Gasteiger charge is 2.24. The van der Waals surface area contributed by atoms with E-state index in [0.29, 0.717) is 11.3 Å². The maximum Gasteiger partial charge on any atom is 0.251 e. The molecule has 0 radical (unpaired) electrons. The Morgan fingerprint density at radius 2 is 1.77 bits per heavy atom. The van der Waals surface area contributed by atoms with Crippen LogP contribution in [0.5, 0.6) is 0 Å². The van der Waals surface area contributed by atoms with Gasteiger partial charge in [-0.1, -0.05) is 18.2 Å². The molecule has 0 bridgehead atoms. The zero-order valence-corrected chi connectivity index (χ0v) is 17.2. The lowest BCUT2D eigenvalue weighted by molar-refractivity contribution is -0.123. The van der Waals surface area contributed by atoms with E-state index >= 15 is 0 Å². The molecular formula is C23H23N5O3. The molecule has 8 nitrogen and oxygen atoms in total. The topological polar surface area (TPSA) is 127 Å². The van der Waals surface area contributed by atoms with Crippen LogP contribution in [0.3, 0.4) is 0 Å². The fourth-order valence-corrected chi connectivity index (χ4v) is 3.23. The highest BCUT2D eigenvalue weighted by Crippen LogP contribution is 2.19. The molecule has 31 heavy (non-hydrogen) atoms. The Labute approximate surface area is 179 Å². The van der Waals surface area contributed by atoms with Crippen LogP contribution in [0.1, 0.15) is 29.8 Å². The minimum atomic E-state index is -0.877. The Morgan fingerprint density at radius 1 is 1.06 bits per heavy atom. The van der Waals surface area contributed by atoms with Gasteiger partial charge in [-0.25, -0.2) is 0 Å². The zero-order chi connectivity index (χ0) is 22.4. The number of hydrogen-bond donors (Lipinski definition) is 4. The highest BCUT2D eigenvalue weighted by atomic mass is 16.2. The van der Waals surface area contributed by atoms with Crippen molar-refractivity contribution in [3.8, 4) is 6.07 Å². The first-order valence-corrected chi connectivity index (χ1v) is 9.81. The smallest absolute Gasteiger partial charge is 0.251 e. The number of carbonyl (C=O) groups is 3. The standard InChI is InChI=1S/C23H23N5O3/c1-14(12-24)26-23(31)21(11-17-13-25-20-6-4-3-5-19(17)20)28-22(30)16-7-9-18(10-8-16)27-15(2)29/h3-10,13-14,21,25H,11H2,1-2H3,(H,26,31)(H,27,29)(H,28,30). The number of nitriles is 1. The molecule has 158 valence electrons. The summed E-state index contributed by atoms with van der Waals surface area (Å²) in [7, 11) is 0. The molecule has 0 saturated heterocycles. The molecule has 2 unspecified atom stereocenters. The predicted octanol–water partition coefficient (Wildman–Crippen LogP) is 2.50. The Hall–Kier alpha value is -4.12. The molecule has 1 heterocycles. The van der Waals surface area contributed by atoms with Gasteiger partial charge in [-0.15, -0.1) is 0 Å². The third-order valence-corrected chi connectivity index (χ3v) is 4.74. The van der Waals surface area contributed by atoms with Crippen LogP contribution < -0.4 is 16.0 Å². The number of anilines is 1. The lowest BCUT2D eigenvalue weighted by Crippen LogP contribution is -2.50. The van der Waals surface area contributed by atoms with Gasteiger partial charge in [-0.2, -0.15) is 5.26 Å². The van der Waals surface area contributed by atoms with Crippen LogP contribution in [-0.4, -0.2) is 34.8 Å². The quantitative estimate of drug-likeness (QED) is 0.471. The lowest BCUT2D eigenvalue weighted by atomic mass is 10.0. The molecular weight excluding hydrogens is 394 g/mol. The number of rotatable bonds is 7. The van der Waals surface area contributed by atoms with Gasteiger partial charge < -0.3 is 20.9 Å². The van der Waals surface area contributed by atoms with E-state index < -0.39 is 23.9 Å². The van der Waals surface area contributed by atoms with Crippen molar-refractivity contribution in [1.82, 2.24) is 15.6 Å². The number of nitrogens with one attached hydrogen (secondary N) is 4. The normalized spacial score (nSPS) is 12.4. The fraction of sp³-hybridized carbons (Fsp3) is 0.217. The maximum atomic E-state index is 12.8. The first-order chi connectivity index (χ1) is 14.9. The summed E-state index contributed by atoms with van der Waals surface area (Å²) in [5.41, 5.74) is 2.72. The number of aromatic amines is 1. The molecule has 0 aliphatic heterocycles. The van der Waals surface area contributed by atoms with Crippen molar-refractivity contribution in [3.63, 3.8) is 0 Å². The molecule has 0 spiro atoms. The number of hydrogen-bond acceptors (Lipinski definition) is 4. The first-order valence-electron chi connectivity index (χ1n) is 9.81. The summed E-state index contributed by atoms with van der Waals surface area (Å²) in [6.45, 7) is 2.97. The van der Waals surface area contributed by atoms with Crippen LogP contribution in [0, 0.1) is 11.3 Å². The first kappa shape index (κ1) is 21.6. The van der Waals surface area contributed by atoms with Crippen LogP contribution in [0.4, 0.5) is 5.69 Å². The second-order valence-electron chi connectivity index (χ2n) is 7.21.